The number of nitrogens with zero attached hydrogens (tertiary/aromatic N) is 2. The summed E-state index contributed by atoms with van der Waals surface area (Å²) >= 11 is 0. The number of rotatable bonds is 7. The van der Waals surface area contributed by atoms with Gasteiger partial charge in [0.1, 0.15) is 5.76 Å². The van der Waals surface area contributed by atoms with E-state index >= 15 is 0 Å². The maximum Gasteiger partial charge on any atom is 0.300 e. The van der Waals surface area contributed by atoms with Crippen molar-refractivity contribution >= 4 is 28.8 Å². The normalized spacial score (nSPS) is 16.8. The third-order valence-electron chi connectivity index (χ3n) is 6.66. The first-order valence-corrected chi connectivity index (χ1v) is 12.1. The zero-order valence-corrected chi connectivity index (χ0v) is 22.0. The Morgan fingerprint density at radius 3 is 2.05 bits per heavy atom. The van der Waals surface area contributed by atoms with Crippen LogP contribution in [0.25, 0.3) is 5.76 Å². The second-order valence-corrected chi connectivity index (χ2v) is 9.47. The fourth-order valence-corrected chi connectivity index (χ4v) is 4.53. The zero-order chi connectivity index (χ0) is 26.9. The summed E-state index contributed by atoms with van der Waals surface area (Å²) in [6.07, 6.45) is 0. The molecule has 1 aliphatic rings. The van der Waals surface area contributed by atoms with Crippen molar-refractivity contribution in [1.82, 2.24) is 0 Å². The van der Waals surface area contributed by atoms with Crippen LogP contribution in [0.1, 0.15) is 42.5 Å². The highest BCUT2D eigenvalue weighted by Crippen LogP contribution is 2.43. The summed E-state index contributed by atoms with van der Waals surface area (Å²) in [6, 6.07) is 19.3. The van der Waals surface area contributed by atoms with Crippen LogP contribution in [0.2, 0.25) is 0 Å². The number of carbonyl (C=O) groups is 2. The predicted molar refractivity (Wildman–Crippen MR) is 146 cm³/mol. The Labute approximate surface area is 217 Å². The molecule has 3 aromatic rings. The van der Waals surface area contributed by atoms with Crippen LogP contribution in [0.5, 0.6) is 11.5 Å². The number of hydrogen-bond acceptors (Lipinski definition) is 6. The van der Waals surface area contributed by atoms with Gasteiger partial charge in [0.15, 0.2) is 11.5 Å². The lowest BCUT2D eigenvalue weighted by molar-refractivity contribution is -0.132. The first kappa shape index (κ1) is 25.8. The van der Waals surface area contributed by atoms with Gasteiger partial charge in [0.05, 0.1) is 25.8 Å². The highest BCUT2D eigenvalue weighted by molar-refractivity contribution is 6.51. The molecule has 1 atom stereocenters. The SMILES string of the molecule is COc1ccc(/C(O)=C2/C(=O)C(=O)N(c3ccc(N(C)C)cc3)C2c2ccc(C(C)C)cc2)cc1OC. The average Bonchev–Trinajstić information content (AvgIpc) is 3.17. The number of ether oxygens (including phenoxy) is 2. The molecule has 7 heteroatoms. The molecule has 0 spiro atoms. The van der Waals surface area contributed by atoms with Crippen LogP contribution >= 0.6 is 0 Å². The Balaban J connectivity index is 1.91. The van der Waals surface area contributed by atoms with Crippen molar-refractivity contribution in [3.05, 3.63) is 89.0 Å². The summed E-state index contributed by atoms with van der Waals surface area (Å²) in [6.45, 7) is 4.20. The van der Waals surface area contributed by atoms with Crippen molar-refractivity contribution in [2.24, 2.45) is 0 Å². The van der Waals surface area contributed by atoms with Gasteiger partial charge in [-0.1, -0.05) is 38.1 Å². The fourth-order valence-electron chi connectivity index (χ4n) is 4.53. The minimum Gasteiger partial charge on any atom is -0.507 e. The van der Waals surface area contributed by atoms with Gasteiger partial charge < -0.3 is 19.5 Å². The maximum atomic E-state index is 13.4. The van der Waals surface area contributed by atoms with E-state index in [1.165, 1.54) is 19.1 Å². The molecule has 1 heterocycles. The van der Waals surface area contributed by atoms with Gasteiger partial charge >= 0.3 is 0 Å². The predicted octanol–water partition coefficient (Wildman–Crippen LogP) is 5.52. The second-order valence-electron chi connectivity index (χ2n) is 9.47. The quantitative estimate of drug-likeness (QED) is 0.261. The summed E-state index contributed by atoms with van der Waals surface area (Å²) in [5, 5.41) is 11.4. The van der Waals surface area contributed by atoms with E-state index in [2.05, 4.69) is 13.8 Å². The number of anilines is 2. The number of Topliss-reactive ketones (excluding diaryl/α,β-unsaturated/α-hetero) is 1. The van der Waals surface area contributed by atoms with Gasteiger partial charge in [-0.15, -0.1) is 0 Å². The summed E-state index contributed by atoms with van der Waals surface area (Å²) in [4.78, 5) is 30.3. The molecule has 0 bridgehead atoms. The number of hydrogen-bond donors (Lipinski definition) is 1. The number of benzene rings is 3. The molecule has 1 amide bonds. The largest absolute Gasteiger partial charge is 0.507 e. The molecular formula is C30H32N2O5. The van der Waals surface area contributed by atoms with Crippen molar-refractivity contribution in [3.8, 4) is 11.5 Å². The summed E-state index contributed by atoms with van der Waals surface area (Å²) in [5.74, 6) is -0.505. The Kier molecular flexibility index (Phi) is 7.25. The summed E-state index contributed by atoms with van der Waals surface area (Å²) < 4.78 is 10.7. The molecule has 1 aliphatic heterocycles. The first-order chi connectivity index (χ1) is 17.7. The van der Waals surface area contributed by atoms with Gasteiger partial charge in [-0.25, -0.2) is 0 Å². The van der Waals surface area contributed by atoms with Crippen LogP contribution < -0.4 is 19.3 Å². The van der Waals surface area contributed by atoms with E-state index in [0.29, 0.717) is 28.7 Å². The third-order valence-corrected chi connectivity index (χ3v) is 6.66. The molecular weight excluding hydrogens is 468 g/mol. The zero-order valence-electron chi connectivity index (χ0n) is 22.0. The van der Waals surface area contributed by atoms with E-state index < -0.39 is 17.7 Å². The summed E-state index contributed by atoms with van der Waals surface area (Å²) in [5.41, 5.74) is 3.76. The number of carbonyl (C=O) groups excluding carboxylic acids is 2. The van der Waals surface area contributed by atoms with Crippen LogP contribution in [-0.2, 0) is 9.59 Å². The van der Waals surface area contributed by atoms with Crippen LogP contribution in [0.4, 0.5) is 11.4 Å². The Morgan fingerprint density at radius 1 is 0.892 bits per heavy atom. The number of aliphatic hydroxyl groups excluding tert-OH is 1. The van der Waals surface area contributed by atoms with Gasteiger partial charge in [0.25, 0.3) is 11.7 Å². The first-order valence-electron chi connectivity index (χ1n) is 12.1. The van der Waals surface area contributed by atoms with Crippen LogP contribution in [0, 0.1) is 0 Å². The molecule has 7 nitrogen and oxygen atoms in total. The molecule has 0 saturated carbocycles. The van der Waals surface area contributed by atoms with Crippen LogP contribution in [0.3, 0.4) is 0 Å². The number of aliphatic hydroxyl groups is 1. The third kappa shape index (κ3) is 4.77. The van der Waals surface area contributed by atoms with Crippen LogP contribution in [0.15, 0.2) is 72.3 Å². The Morgan fingerprint density at radius 2 is 1.51 bits per heavy atom. The van der Waals surface area contributed by atoms with Crippen molar-refractivity contribution in [1.29, 1.82) is 0 Å². The molecule has 0 radical (unpaired) electrons. The van der Waals surface area contributed by atoms with Crippen molar-refractivity contribution < 1.29 is 24.2 Å². The molecule has 0 aliphatic carbocycles. The fraction of sp³-hybridized carbons (Fsp3) is 0.267. The average molecular weight is 501 g/mol. The molecule has 1 N–H and O–H groups in total. The smallest absolute Gasteiger partial charge is 0.300 e. The molecule has 37 heavy (non-hydrogen) atoms. The monoisotopic (exact) mass is 500 g/mol. The number of methoxy groups -OCH3 is 2. The van der Waals surface area contributed by atoms with Crippen molar-refractivity contribution in [3.63, 3.8) is 0 Å². The van der Waals surface area contributed by atoms with Crippen molar-refractivity contribution in [2.75, 3.05) is 38.1 Å². The molecule has 1 unspecified atom stereocenters. The molecule has 1 saturated heterocycles. The Bertz CT molecular complexity index is 1340. The van der Waals surface area contributed by atoms with E-state index in [-0.39, 0.29) is 11.3 Å². The second kappa shape index (κ2) is 10.4. The Hall–Kier alpha value is -4.26. The lowest BCUT2D eigenvalue weighted by atomic mass is 9.93. The van der Waals surface area contributed by atoms with E-state index in [1.54, 1.807) is 18.2 Å². The van der Waals surface area contributed by atoms with Crippen LogP contribution in [-0.4, -0.2) is 45.1 Å². The molecule has 1 fully saturated rings. The molecule has 3 aromatic carbocycles. The highest BCUT2D eigenvalue weighted by atomic mass is 16.5. The van der Waals surface area contributed by atoms with Gasteiger partial charge in [0.2, 0.25) is 0 Å². The highest BCUT2D eigenvalue weighted by Gasteiger charge is 2.47. The molecule has 0 aromatic heterocycles. The number of ketones is 1. The lowest BCUT2D eigenvalue weighted by Crippen LogP contribution is -2.29. The standard InChI is InChI=1S/C30H32N2O5/c1-18(2)19-7-9-20(10-8-19)27-26(28(33)21-11-16-24(36-5)25(17-21)37-6)29(34)30(35)32(27)23-14-12-22(13-15-23)31(3)4/h7-18,27,33H,1-6H3/b28-26-. The van der Waals surface area contributed by atoms with Crippen molar-refractivity contribution in [2.45, 2.75) is 25.8 Å². The van der Waals surface area contributed by atoms with E-state index in [0.717, 1.165) is 16.8 Å². The topological polar surface area (TPSA) is 79.3 Å². The lowest BCUT2D eigenvalue weighted by Gasteiger charge is -2.26. The number of amides is 1. The van der Waals surface area contributed by atoms with E-state index in [1.807, 2.05) is 67.5 Å². The van der Waals surface area contributed by atoms with Gasteiger partial charge in [-0.05, 0) is 59.5 Å². The summed E-state index contributed by atoms with van der Waals surface area (Å²) in [7, 11) is 6.88. The molecule has 4 rings (SSSR count). The maximum absolute atomic E-state index is 13.4. The van der Waals surface area contributed by atoms with E-state index in [9.17, 15) is 14.7 Å². The van der Waals surface area contributed by atoms with Gasteiger partial charge in [-0.3, -0.25) is 14.5 Å². The van der Waals surface area contributed by atoms with Gasteiger partial charge in [0, 0.05) is 31.0 Å². The molecule has 192 valence electrons. The van der Waals surface area contributed by atoms with Gasteiger partial charge in [-0.2, -0.15) is 0 Å². The minimum atomic E-state index is -0.806. The van der Waals surface area contributed by atoms with E-state index in [4.69, 9.17) is 9.47 Å². The minimum absolute atomic E-state index is 0.0196.